The molecule has 178 valence electrons. The third-order valence-electron chi connectivity index (χ3n) is 6.51. The maximum absolute atomic E-state index is 14.1. The molecule has 1 aromatic heterocycles. The van der Waals surface area contributed by atoms with E-state index in [1.165, 1.54) is 23.3 Å². The number of hydrogen-bond acceptors (Lipinski definition) is 4. The number of thiazole rings is 1. The van der Waals surface area contributed by atoms with Crippen LogP contribution in [0.1, 0.15) is 76.6 Å². The minimum atomic E-state index is -0.773. The molecule has 2 amide bonds. The van der Waals surface area contributed by atoms with Crippen LogP contribution >= 0.6 is 11.3 Å². The van der Waals surface area contributed by atoms with Crippen LogP contribution in [0.15, 0.2) is 54.6 Å². The highest BCUT2D eigenvalue weighted by Crippen LogP contribution is 2.33. The quantitative estimate of drug-likeness (QED) is 0.445. The predicted molar refractivity (Wildman–Crippen MR) is 138 cm³/mol. The zero-order valence-electron chi connectivity index (χ0n) is 20.2. The van der Waals surface area contributed by atoms with Crippen LogP contribution < -0.4 is 10.2 Å². The van der Waals surface area contributed by atoms with Gasteiger partial charge in [0.25, 0.3) is 5.91 Å². The molecule has 1 N–H and O–H groups in total. The fourth-order valence-electron chi connectivity index (χ4n) is 4.70. The molecule has 1 atom stereocenters. The van der Waals surface area contributed by atoms with Gasteiger partial charge in [0.05, 0.1) is 10.7 Å². The molecule has 2 aromatic carbocycles. The number of amides is 2. The molecule has 1 aliphatic rings. The summed E-state index contributed by atoms with van der Waals surface area (Å²) in [7, 11) is 0. The van der Waals surface area contributed by atoms with Gasteiger partial charge in [-0.2, -0.15) is 0 Å². The monoisotopic (exact) mass is 475 g/mol. The Labute approximate surface area is 206 Å². The first kappa shape index (κ1) is 24.1. The molecule has 3 aromatic rings. The van der Waals surface area contributed by atoms with E-state index in [1.807, 2.05) is 68.4 Å². The topological polar surface area (TPSA) is 62.3 Å². The summed E-state index contributed by atoms with van der Waals surface area (Å²) in [6, 6.07) is 17.0. The Kier molecular flexibility index (Phi) is 7.78. The second kappa shape index (κ2) is 11.0. The summed E-state index contributed by atoms with van der Waals surface area (Å²) in [5, 5.41) is 4.11. The minimum absolute atomic E-state index is 0.134. The third-order valence-corrected chi connectivity index (χ3v) is 7.57. The van der Waals surface area contributed by atoms with Gasteiger partial charge in [-0.05, 0) is 56.4 Å². The zero-order valence-corrected chi connectivity index (χ0v) is 21.0. The molecule has 1 saturated carbocycles. The molecule has 1 heterocycles. The third kappa shape index (κ3) is 5.39. The maximum atomic E-state index is 14.1. The lowest BCUT2D eigenvalue weighted by atomic mass is 9.94. The zero-order chi connectivity index (χ0) is 24.1. The Balaban J connectivity index is 1.80. The molecule has 1 aliphatic carbocycles. The number of hydrogen-bond donors (Lipinski definition) is 1. The van der Waals surface area contributed by atoms with Gasteiger partial charge < -0.3 is 5.32 Å². The molecule has 0 saturated heterocycles. The fraction of sp³-hybridized carbons (Fsp3) is 0.393. The minimum Gasteiger partial charge on any atom is -0.351 e. The van der Waals surface area contributed by atoms with Crippen LogP contribution in [0.25, 0.3) is 0 Å². The lowest BCUT2D eigenvalue weighted by molar-refractivity contribution is -0.123. The standard InChI is InChI=1S/C28H33N3O2S/c1-4-21-15-17-24(18-16-21)31(28(33)26-19(2)29-20(3)34-26)25(22-11-7-5-8-12-22)27(32)30-23-13-9-6-10-14-23/h5,7-8,11-12,15-18,23,25H,4,6,9-10,13-14H2,1-3H3,(H,30,32)/t25-/m0/s1. The van der Waals surface area contributed by atoms with Crippen LogP contribution in [0.2, 0.25) is 0 Å². The van der Waals surface area contributed by atoms with Gasteiger partial charge in [-0.15, -0.1) is 11.3 Å². The molecule has 1 fully saturated rings. The van der Waals surface area contributed by atoms with Crippen molar-refractivity contribution in [3.63, 3.8) is 0 Å². The lowest BCUT2D eigenvalue weighted by Gasteiger charge is -2.33. The van der Waals surface area contributed by atoms with Crippen molar-refractivity contribution in [2.24, 2.45) is 0 Å². The molecule has 34 heavy (non-hydrogen) atoms. The highest BCUT2D eigenvalue weighted by Gasteiger charge is 2.35. The largest absolute Gasteiger partial charge is 0.351 e. The van der Waals surface area contributed by atoms with Crippen LogP contribution in [-0.4, -0.2) is 22.8 Å². The molecule has 0 radical (unpaired) electrons. The number of carbonyl (C=O) groups excluding carboxylic acids is 2. The van der Waals surface area contributed by atoms with E-state index in [9.17, 15) is 9.59 Å². The average Bonchev–Trinajstić information content (AvgIpc) is 3.21. The van der Waals surface area contributed by atoms with Gasteiger partial charge in [0.15, 0.2) is 0 Å². The second-order valence-electron chi connectivity index (χ2n) is 9.00. The van der Waals surface area contributed by atoms with E-state index in [4.69, 9.17) is 0 Å². The Bertz CT molecular complexity index is 1120. The molecule has 6 heteroatoms. The number of anilines is 1. The van der Waals surface area contributed by atoms with Crippen molar-refractivity contribution in [2.45, 2.75) is 71.4 Å². The van der Waals surface area contributed by atoms with E-state index in [0.29, 0.717) is 16.3 Å². The number of nitrogens with zero attached hydrogens (tertiary/aromatic N) is 2. The maximum Gasteiger partial charge on any atom is 0.271 e. The number of rotatable bonds is 7. The Hall–Kier alpha value is -2.99. The molecular formula is C28H33N3O2S. The Morgan fingerprint density at radius 1 is 1.03 bits per heavy atom. The van der Waals surface area contributed by atoms with Crippen molar-refractivity contribution in [2.75, 3.05) is 4.90 Å². The van der Waals surface area contributed by atoms with Gasteiger partial charge >= 0.3 is 0 Å². The van der Waals surface area contributed by atoms with Gasteiger partial charge in [-0.1, -0.05) is 68.7 Å². The van der Waals surface area contributed by atoms with Gasteiger partial charge in [0.2, 0.25) is 5.91 Å². The number of benzene rings is 2. The summed E-state index contributed by atoms with van der Waals surface area (Å²) in [6.45, 7) is 5.86. The first-order valence-corrected chi connectivity index (χ1v) is 13.0. The molecule has 4 rings (SSSR count). The Morgan fingerprint density at radius 2 is 1.71 bits per heavy atom. The molecular weight excluding hydrogens is 442 g/mol. The van der Waals surface area contributed by atoms with Gasteiger partial charge in [-0.3, -0.25) is 14.5 Å². The van der Waals surface area contributed by atoms with E-state index in [-0.39, 0.29) is 17.9 Å². The van der Waals surface area contributed by atoms with Crippen molar-refractivity contribution in [1.82, 2.24) is 10.3 Å². The smallest absolute Gasteiger partial charge is 0.271 e. The van der Waals surface area contributed by atoms with Crippen LogP contribution in [0.5, 0.6) is 0 Å². The van der Waals surface area contributed by atoms with Crippen LogP contribution in [0.4, 0.5) is 5.69 Å². The number of carbonyl (C=O) groups is 2. The second-order valence-corrected chi connectivity index (χ2v) is 10.2. The van der Waals surface area contributed by atoms with Crippen LogP contribution in [0, 0.1) is 13.8 Å². The highest BCUT2D eigenvalue weighted by atomic mass is 32.1. The van der Waals surface area contributed by atoms with E-state index in [1.54, 1.807) is 4.90 Å². The summed E-state index contributed by atoms with van der Waals surface area (Å²) < 4.78 is 0. The van der Waals surface area contributed by atoms with Crippen LogP contribution in [0.3, 0.4) is 0 Å². The van der Waals surface area contributed by atoms with E-state index < -0.39 is 6.04 Å². The number of aryl methyl sites for hydroxylation is 3. The number of nitrogens with one attached hydrogen (secondary N) is 1. The summed E-state index contributed by atoms with van der Waals surface area (Å²) in [5.41, 5.74) is 3.38. The first-order valence-electron chi connectivity index (χ1n) is 12.2. The summed E-state index contributed by atoms with van der Waals surface area (Å²) >= 11 is 1.38. The van der Waals surface area contributed by atoms with Crippen molar-refractivity contribution >= 4 is 28.8 Å². The average molecular weight is 476 g/mol. The summed E-state index contributed by atoms with van der Waals surface area (Å²) in [5.74, 6) is -0.329. The van der Waals surface area contributed by atoms with Gasteiger partial charge in [0, 0.05) is 11.7 Å². The van der Waals surface area contributed by atoms with E-state index >= 15 is 0 Å². The summed E-state index contributed by atoms with van der Waals surface area (Å²) in [6.07, 6.45) is 6.35. The van der Waals surface area contributed by atoms with E-state index in [2.05, 4.69) is 17.2 Å². The summed E-state index contributed by atoms with van der Waals surface area (Å²) in [4.78, 5) is 34.6. The molecule has 0 bridgehead atoms. The SMILES string of the molecule is CCc1ccc(N(C(=O)c2sc(C)nc2C)[C@H](C(=O)NC2CCCCC2)c2ccccc2)cc1. The molecule has 5 nitrogen and oxygen atoms in total. The van der Waals surface area contributed by atoms with Gasteiger partial charge in [-0.25, -0.2) is 4.98 Å². The van der Waals surface area contributed by atoms with Crippen molar-refractivity contribution in [1.29, 1.82) is 0 Å². The predicted octanol–water partition coefficient (Wildman–Crippen LogP) is 6.16. The van der Waals surface area contributed by atoms with Crippen molar-refractivity contribution in [3.05, 3.63) is 81.3 Å². The highest BCUT2D eigenvalue weighted by molar-refractivity contribution is 7.13. The number of aromatic nitrogens is 1. The molecule has 0 unspecified atom stereocenters. The van der Waals surface area contributed by atoms with Crippen molar-refractivity contribution < 1.29 is 9.59 Å². The molecule has 0 aliphatic heterocycles. The van der Waals surface area contributed by atoms with Crippen molar-refractivity contribution in [3.8, 4) is 0 Å². The van der Waals surface area contributed by atoms with Crippen LogP contribution in [-0.2, 0) is 11.2 Å². The lowest BCUT2D eigenvalue weighted by Crippen LogP contribution is -2.47. The van der Waals surface area contributed by atoms with E-state index in [0.717, 1.165) is 42.7 Å². The normalized spacial score (nSPS) is 15.0. The molecule has 0 spiro atoms. The fourth-order valence-corrected chi connectivity index (χ4v) is 5.55. The first-order chi connectivity index (χ1) is 16.5. The van der Waals surface area contributed by atoms with Gasteiger partial charge in [0.1, 0.15) is 10.9 Å². The Morgan fingerprint density at radius 3 is 2.29 bits per heavy atom.